The molecule has 21 heavy (non-hydrogen) atoms. The van der Waals surface area contributed by atoms with Crippen molar-refractivity contribution < 1.29 is 18.6 Å². The van der Waals surface area contributed by atoms with Crippen molar-refractivity contribution >= 4 is 11.8 Å². The van der Waals surface area contributed by atoms with Gasteiger partial charge in [0.2, 0.25) is 5.95 Å². The van der Waals surface area contributed by atoms with Crippen LogP contribution in [0.1, 0.15) is 0 Å². The lowest BCUT2D eigenvalue weighted by atomic mass is 10.2. The van der Waals surface area contributed by atoms with E-state index >= 15 is 0 Å². The van der Waals surface area contributed by atoms with Crippen LogP contribution >= 0.6 is 0 Å². The summed E-state index contributed by atoms with van der Waals surface area (Å²) in [7, 11) is 1.64. The van der Waals surface area contributed by atoms with Gasteiger partial charge in [0.25, 0.3) is 0 Å². The van der Waals surface area contributed by atoms with Crippen LogP contribution in [0, 0.1) is 5.82 Å². The van der Waals surface area contributed by atoms with Gasteiger partial charge in [-0.25, -0.2) is 9.37 Å². The van der Waals surface area contributed by atoms with Gasteiger partial charge in [0.15, 0.2) is 11.6 Å². The van der Waals surface area contributed by atoms with Gasteiger partial charge in [-0.05, 0) is 0 Å². The smallest absolute Gasteiger partial charge is 0.225 e. The molecule has 116 valence electrons. The predicted molar refractivity (Wildman–Crippen MR) is 74.0 cm³/mol. The summed E-state index contributed by atoms with van der Waals surface area (Å²) in [4.78, 5) is 10.2. The average Bonchev–Trinajstić information content (AvgIpc) is 2.97. The highest BCUT2D eigenvalue weighted by Crippen LogP contribution is 2.20. The fourth-order valence-corrected chi connectivity index (χ4v) is 2.49. The van der Waals surface area contributed by atoms with E-state index in [0.717, 1.165) is 0 Å². The number of methoxy groups -OCH3 is 1. The highest BCUT2D eigenvalue weighted by molar-refractivity contribution is 5.44. The summed E-state index contributed by atoms with van der Waals surface area (Å²) in [5.41, 5.74) is 0. The van der Waals surface area contributed by atoms with Gasteiger partial charge in [-0.1, -0.05) is 0 Å². The molecule has 0 aliphatic carbocycles. The van der Waals surface area contributed by atoms with E-state index in [0.29, 0.717) is 51.3 Å². The summed E-state index contributed by atoms with van der Waals surface area (Å²) in [5, 5.41) is 3.15. The number of ether oxygens (including phenoxy) is 3. The highest BCUT2D eigenvalue weighted by atomic mass is 19.1. The summed E-state index contributed by atoms with van der Waals surface area (Å²) in [6, 6.07) is -0.0296. The number of rotatable bonds is 4. The molecule has 2 fully saturated rings. The monoisotopic (exact) mass is 298 g/mol. The van der Waals surface area contributed by atoms with Gasteiger partial charge in [-0.2, -0.15) is 4.98 Å². The first-order valence-electron chi connectivity index (χ1n) is 7.00. The van der Waals surface area contributed by atoms with Gasteiger partial charge in [0.1, 0.15) is 6.10 Å². The largest absolute Gasteiger partial charge is 0.378 e. The van der Waals surface area contributed by atoms with E-state index in [9.17, 15) is 4.39 Å². The van der Waals surface area contributed by atoms with E-state index in [4.69, 9.17) is 14.2 Å². The van der Waals surface area contributed by atoms with Crippen molar-refractivity contribution in [3.63, 3.8) is 0 Å². The van der Waals surface area contributed by atoms with Crippen LogP contribution in [0.2, 0.25) is 0 Å². The van der Waals surface area contributed by atoms with Crippen molar-refractivity contribution in [1.82, 2.24) is 9.97 Å². The van der Waals surface area contributed by atoms with Gasteiger partial charge in [-0.15, -0.1) is 0 Å². The highest BCUT2D eigenvalue weighted by Gasteiger charge is 2.29. The molecular weight excluding hydrogens is 279 g/mol. The number of aromatic nitrogens is 2. The lowest BCUT2D eigenvalue weighted by molar-refractivity contribution is 0.0794. The molecule has 0 spiro atoms. The number of hydrogen-bond donors (Lipinski definition) is 1. The maximum atomic E-state index is 13.9. The van der Waals surface area contributed by atoms with E-state index in [1.54, 1.807) is 7.11 Å². The average molecular weight is 298 g/mol. The Bertz CT molecular complexity index is 484. The predicted octanol–water partition coefficient (Wildman–Crippen LogP) is 0.278. The molecule has 0 saturated carbocycles. The summed E-state index contributed by atoms with van der Waals surface area (Å²) in [5.74, 6) is 0.271. The van der Waals surface area contributed by atoms with Gasteiger partial charge in [0, 0.05) is 20.2 Å². The lowest BCUT2D eigenvalue weighted by Crippen LogP contribution is -2.38. The first kappa shape index (κ1) is 14.4. The standard InChI is InChI=1S/C13H19FN4O3/c1-19-11-8-21-7-10(11)16-13-15-6-9(14)12(17-13)18-2-4-20-5-3-18/h6,10-11H,2-5,7-8H2,1H3,(H,15,16,17)/t10-,11-/m0/s1. The number of anilines is 2. The molecule has 2 atom stereocenters. The van der Waals surface area contributed by atoms with Crippen molar-refractivity contribution in [2.24, 2.45) is 0 Å². The molecule has 1 aromatic rings. The maximum Gasteiger partial charge on any atom is 0.225 e. The van der Waals surface area contributed by atoms with Gasteiger partial charge in [-0.3, -0.25) is 0 Å². The van der Waals surface area contributed by atoms with Crippen molar-refractivity contribution in [3.8, 4) is 0 Å². The van der Waals surface area contributed by atoms with Crippen molar-refractivity contribution in [3.05, 3.63) is 12.0 Å². The fourth-order valence-electron chi connectivity index (χ4n) is 2.49. The molecule has 0 bridgehead atoms. The number of nitrogens with zero attached hydrogens (tertiary/aromatic N) is 3. The second-order valence-electron chi connectivity index (χ2n) is 5.03. The van der Waals surface area contributed by atoms with Crippen LogP contribution in [0.5, 0.6) is 0 Å². The number of nitrogens with one attached hydrogen (secondary N) is 1. The molecule has 2 aliphatic rings. The molecule has 3 rings (SSSR count). The fraction of sp³-hybridized carbons (Fsp3) is 0.692. The van der Waals surface area contributed by atoms with Gasteiger partial charge < -0.3 is 24.4 Å². The Kier molecular flexibility index (Phi) is 4.47. The number of hydrogen-bond acceptors (Lipinski definition) is 7. The molecule has 0 unspecified atom stereocenters. The first-order chi connectivity index (χ1) is 10.3. The number of morpholine rings is 1. The van der Waals surface area contributed by atoms with Crippen molar-refractivity contribution in [2.75, 3.05) is 56.8 Å². The Balaban J connectivity index is 1.74. The first-order valence-corrected chi connectivity index (χ1v) is 7.00. The van der Waals surface area contributed by atoms with Crippen LogP contribution in [-0.4, -0.2) is 68.7 Å². The zero-order chi connectivity index (χ0) is 14.7. The molecule has 0 amide bonds. The topological polar surface area (TPSA) is 68.7 Å². The molecule has 2 aliphatic heterocycles. The van der Waals surface area contributed by atoms with E-state index in [1.165, 1.54) is 6.20 Å². The van der Waals surface area contributed by atoms with Crippen molar-refractivity contribution in [2.45, 2.75) is 12.1 Å². The Labute approximate surface area is 122 Å². The van der Waals surface area contributed by atoms with Crippen LogP contribution in [-0.2, 0) is 14.2 Å². The minimum atomic E-state index is -0.423. The molecule has 3 heterocycles. The zero-order valence-corrected chi connectivity index (χ0v) is 11.9. The summed E-state index contributed by atoms with van der Waals surface area (Å²) in [6.07, 6.45) is 1.14. The molecule has 1 aromatic heterocycles. The molecule has 0 radical (unpaired) electrons. The Hall–Kier alpha value is -1.51. The molecule has 1 N–H and O–H groups in total. The van der Waals surface area contributed by atoms with Crippen molar-refractivity contribution in [1.29, 1.82) is 0 Å². The van der Waals surface area contributed by atoms with Crippen LogP contribution in [0.25, 0.3) is 0 Å². The number of halogens is 1. The quantitative estimate of drug-likeness (QED) is 0.856. The second kappa shape index (κ2) is 6.50. The Morgan fingerprint density at radius 2 is 2.14 bits per heavy atom. The third-order valence-corrected chi connectivity index (χ3v) is 3.68. The second-order valence-corrected chi connectivity index (χ2v) is 5.03. The minimum Gasteiger partial charge on any atom is -0.378 e. The molecule has 0 aromatic carbocycles. The van der Waals surface area contributed by atoms with E-state index < -0.39 is 5.82 Å². The Morgan fingerprint density at radius 1 is 1.33 bits per heavy atom. The van der Waals surface area contributed by atoms with Gasteiger partial charge >= 0.3 is 0 Å². The van der Waals surface area contributed by atoms with Crippen LogP contribution in [0.3, 0.4) is 0 Å². The minimum absolute atomic E-state index is 0.0296. The molecule has 8 heteroatoms. The van der Waals surface area contributed by atoms with Crippen LogP contribution in [0.15, 0.2) is 6.20 Å². The normalized spacial score (nSPS) is 26.1. The third-order valence-electron chi connectivity index (χ3n) is 3.68. The molecule has 7 nitrogen and oxygen atoms in total. The summed E-state index contributed by atoms with van der Waals surface area (Å²) < 4.78 is 29.9. The lowest BCUT2D eigenvalue weighted by Gasteiger charge is -2.28. The molecule has 2 saturated heterocycles. The van der Waals surface area contributed by atoms with Gasteiger partial charge in [0.05, 0.1) is 38.7 Å². The van der Waals surface area contributed by atoms with Crippen LogP contribution < -0.4 is 10.2 Å². The third kappa shape index (κ3) is 3.22. The van der Waals surface area contributed by atoms with Crippen LogP contribution in [0.4, 0.5) is 16.2 Å². The molecular formula is C13H19FN4O3. The summed E-state index contributed by atoms with van der Waals surface area (Å²) in [6.45, 7) is 3.46. The van der Waals surface area contributed by atoms with E-state index in [1.807, 2.05) is 4.90 Å². The zero-order valence-electron chi connectivity index (χ0n) is 11.9. The maximum absolute atomic E-state index is 13.9. The Morgan fingerprint density at radius 3 is 2.90 bits per heavy atom. The van der Waals surface area contributed by atoms with E-state index in [-0.39, 0.29) is 12.1 Å². The SMILES string of the molecule is CO[C@H]1COC[C@@H]1Nc1ncc(F)c(N2CCOCC2)n1. The van der Waals surface area contributed by atoms with E-state index in [2.05, 4.69) is 15.3 Å². The summed E-state index contributed by atoms with van der Waals surface area (Å²) >= 11 is 0.